The van der Waals surface area contributed by atoms with Gasteiger partial charge in [-0.15, -0.1) is 0 Å². The quantitative estimate of drug-likeness (QED) is 0.749. The van der Waals surface area contributed by atoms with Gasteiger partial charge in [-0.2, -0.15) is 5.10 Å². The molecular weight excluding hydrogens is 280 g/mol. The Hall–Kier alpha value is -2.34. The maximum absolute atomic E-state index is 11.8. The highest BCUT2D eigenvalue weighted by atomic mass is 16.3. The lowest BCUT2D eigenvalue weighted by Crippen LogP contribution is -2.43. The number of nitrogens with zero attached hydrogens (tertiary/aromatic N) is 2. The summed E-state index contributed by atoms with van der Waals surface area (Å²) in [6, 6.07) is 9.66. The normalized spacial score (nSPS) is 13.4. The Morgan fingerprint density at radius 1 is 1.32 bits per heavy atom. The van der Waals surface area contributed by atoms with Gasteiger partial charge in [-0.25, -0.2) is 4.79 Å². The summed E-state index contributed by atoms with van der Waals surface area (Å²) in [6.45, 7) is 2.31. The van der Waals surface area contributed by atoms with Gasteiger partial charge in [0.25, 0.3) is 0 Å². The van der Waals surface area contributed by atoms with Crippen molar-refractivity contribution in [3.8, 4) is 0 Å². The molecule has 0 fully saturated rings. The van der Waals surface area contributed by atoms with E-state index in [1.807, 2.05) is 30.3 Å². The zero-order chi connectivity index (χ0) is 16.0. The van der Waals surface area contributed by atoms with Gasteiger partial charge in [0.05, 0.1) is 12.7 Å². The third-order valence-electron chi connectivity index (χ3n) is 3.46. The smallest absolute Gasteiger partial charge is 0.314 e. The Morgan fingerprint density at radius 3 is 2.68 bits per heavy atom. The fraction of sp³-hybridized carbons (Fsp3) is 0.375. The van der Waals surface area contributed by atoms with E-state index in [1.165, 1.54) is 5.56 Å². The Bertz CT molecular complexity index is 608. The van der Waals surface area contributed by atoms with Crippen LogP contribution in [0, 0.1) is 0 Å². The van der Waals surface area contributed by atoms with Crippen LogP contribution < -0.4 is 10.6 Å². The molecule has 1 unspecified atom stereocenters. The van der Waals surface area contributed by atoms with E-state index in [0.29, 0.717) is 12.1 Å². The predicted molar refractivity (Wildman–Crippen MR) is 84.3 cm³/mol. The molecule has 22 heavy (non-hydrogen) atoms. The number of rotatable bonds is 6. The molecule has 0 aliphatic carbocycles. The van der Waals surface area contributed by atoms with Crippen LogP contribution in [0.5, 0.6) is 0 Å². The first-order chi connectivity index (χ1) is 10.5. The number of hydrogen-bond acceptors (Lipinski definition) is 3. The lowest BCUT2D eigenvalue weighted by Gasteiger charge is -2.22. The molecule has 0 aliphatic heterocycles. The van der Waals surface area contributed by atoms with Gasteiger partial charge < -0.3 is 15.7 Å². The number of urea groups is 1. The topological polar surface area (TPSA) is 79.2 Å². The number of amides is 2. The number of carbonyl (C=O) groups is 1. The molecule has 0 radical (unpaired) electrons. The average molecular weight is 302 g/mol. The number of aromatic nitrogens is 2. The van der Waals surface area contributed by atoms with Crippen LogP contribution in [0.2, 0.25) is 0 Å². The molecule has 6 heteroatoms. The van der Waals surface area contributed by atoms with Crippen LogP contribution in [-0.4, -0.2) is 34.0 Å². The van der Waals surface area contributed by atoms with Gasteiger partial charge in [0, 0.05) is 25.4 Å². The van der Waals surface area contributed by atoms with Gasteiger partial charge >= 0.3 is 6.03 Å². The highest BCUT2D eigenvalue weighted by molar-refractivity contribution is 5.73. The second-order valence-electron chi connectivity index (χ2n) is 5.52. The van der Waals surface area contributed by atoms with Gasteiger partial charge in [0.2, 0.25) is 0 Å². The van der Waals surface area contributed by atoms with E-state index in [1.54, 1.807) is 31.0 Å². The lowest BCUT2D eigenvalue weighted by atomic mass is 10.00. The largest absolute Gasteiger partial charge is 0.383 e. The van der Waals surface area contributed by atoms with Gasteiger partial charge in [0.1, 0.15) is 5.60 Å². The van der Waals surface area contributed by atoms with Crippen molar-refractivity contribution < 1.29 is 9.90 Å². The molecule has 0 saturated carbocycles. The van der Waals surface area contributed by atoms with E-state index in [2.05, 4.69) is 15.7 Å². The standard InChI is InChI=1S/C16H22N4O2/c1-16(22,14-10-19-20(2)11-14)12-18-15(21)17-9-8-13-6-4-3-5-7-13/h3-7,10-11,22H,8-9,12H2,1-2H3,(H2,17,18,21). The molecule has 118 valence electrons. The summed E-state index contributed by atoms with van der Waals surface area (Å²) in [5, 5.41) is 19.8. The van der Waals surface area contributed by atoms with Crippen LogP contribution in [0.3, 0.4) is 0 Å². The number of hydrogen-bond donors (Lipinski definition) is 3. The van der Waals surface area contributed by atoms with Crippen molar-refractivity contribution in [2.24, 2.45) is 7.05 Å². The van der Waals surface area contributed by atoms with Crippen LogP contribution in [0.4, 0.5) is 4.79 Å². The van der Waals surface area contributed by atoms with Crippen LogP contribution in [0.15, 0.2) is 42.7 Å². The van der Waals surface area contributed by atoms with Gasteiger partial charge in [-0.1, -0.05) is 30.3 Å². The number of nitrogens with one attached hydrogen (secondary N) is 2. The molecule has 1 aromatic heterocycles. The number of benzene rings is 1. The fourth-order valence-corrected chi connectivity index (χ4v) is 2.08. The maximum atomic E-state index is 11.8. The molecule has 2 rings (SSSR count). The van der Waals surface area contributed by atoms with E-state index in [-0.39, 0.29) is 12.6 Å². The average Bonchev–Trinajstić information content (AvgIpc) is 2.94. The second-order valence-corrected chi connectivity index (χ2v) is 5.52. The van der Waals surface area contributed by atoms with Gasteiger partial charge in [0.15, 0.2) is 0 Å². The van der Waals surface area contributed by atoms with E-state index < -0.39 is 5.60 Å². The molecule has 3 N–H and O–H groups in total. The van der Waals surface area contributed by atoms with Crippen molar-refractivity contribution in [3.05, 3.63) is 53.9 Å². The summed E-state index contributed by atoms with van der Waals surface area (Å²) in [7, 11) is 1.78. The molecule has 0 aliphatic rings. The first kappa shape index (κ1) is 16.0. The second kappa shape index (κ2) is 7.09. The Balaban J connectivity index is 1.73. The summed E-state index contributed by atoms with van der Waals surface area (Å²) >= 11 is 0. The van der Waals surface area contributed by atoms with Crippen LogP contribution in [0.1, 0.15) is 18.1 Å². The molecule has 1 aromatic carbocycles. The Kier molecular flexibility index (Phi) is 5.16. The highest BCUT2D eigenvalue weighted by Crippen LogP contribution is 2.18. The molecule has 1 heterocycles. The zero-order valence-electron chi connectivity index (χ0n) is 12.9. The van der Waals surface area contributed by atoms with Crippen molar-refractivity contribution in [1.82, 2.24) is 20.4 Å². The minimum Gasteiger partial charge on any atom is -0.383 e. The van der Waals surface area contributed by atoms with E-state index >= 15 is 0 Å². The Morgan fingerprint density at radius 2 is 2.05 bits per heavy atom. The maximum Gasteiger partial charge on any atom is 0.314 e. The van der Waals surface area contributed by atoms with Crippen molar-refractivity contribution in [2.75, 3.05) is 13.1 Å². The van der Waals surface area contributed by atoms with Crippen LogP contribution >= 0.6 is 0 Å². The molecule has 0 bridgehead atoms. The SMILES string of the molecule is Cn1cc(C(C)(O)CNC(=O)NCCc2ccccc2)cn1. The molecule has 6 nitrogen and oxygen atoms in total. The molecular formula is C16H22N4O2. The van der Waals surface area contributed by atoms with Gasteiger partial charge in [-0.3, -0.25) is 4.68 Å². The first-order valence-electron chi connectivity index (χ1n) is 7.24. The lowest BCUT2D eigenvalue weighted by molar-refractivity contribution is 0.0593. The highest BCUT2D eigenvalue weighted by Gasteiger charge is 2.25. The molecule has 2 aromatic rings. The third-order valence-corrected chi connectivity index (χ3v) is 3.46. The van der Waals surface area contributed by atoms with Crippen LogP contribution in [0.25, 0.3) is 0 Å². The Labute approximate surface area is 130 Å². The summed E-state index contributed by atoms with van der Waals surface area (Å²) < 4.78 is 1.61. The molecule has 2 amide bonds. The monoisotopic (exact) mass is 302 g/mol. The van der Waals surface area contributed by atoms with Crippen LogP contribution in [-0.2, 0) is 19.1 Å². The van der Waals surface area contributed by atoms with Crippen molar-refractivity contribution in [3.63, 3.8) is 0 Å². The summed E-state index contributed by atoms with van der Waals surface area (Å²) in [5.41, 5.74) is 0.690. The van der Waals surface area contributed by atoms with Gasteiger partial charge in [-0.05, 0) is 18.9 Å². The number of aryl methyl sites for hydroxylation is 1. The predicted octanol–water partition coefficient (Wildman–Crippen LogP) is 1.17. The number of carbonyl (C=O) groups excluding carboxylic acids is 1. The molecule has 1 atom stereocenters. The zero-order valence-corrected chi connectivity index (χ0v) is 12.9. The van der Waals surface area contributed by atoms with E-state index in [0.717, 1.165) is 6.42 Å². The first-order valence-corrected chi connectivity index (χ1v) is 7.24. The summed E-state index contributed by atoms with van der Waals surface area (Å²) in [5.74, 6) is 0. The molecule has 0 saturated heterocycles. The van der Waals surface area contributed by atoms with E-state index in [4.69, 9.17) is 0 Å². The fourth-order valence-electron chi connectivity index (χ4n) is 2.08. The van der Waals surface area contributed by atoms with Crippen molar-refractivity contribution >= 4 is 6.03 Å². The third kappa shape index (κ3) is 4.60. The minimum atomic E-state index is -1.15. The number of aliphatic hydroxyl groups is 1. The minimum absolute atomic E-state index is 0.121. The summed E-state index contributed by atoms with van der Waals surface area (Å²) in [6.07, 6.45) is 4.09. The van der Waals surface area contributed by atoms with E-state index in [9.17, 15) is 9.90 Å². The summed E-state index contributed by atoms with van der Waals surface area (Å²) in [4.78, 5) is 11.8. The van der Waals surface area contributed by atoms with Crippen molar-refractivity contribution in [1.29, 1.82) is 0 Å². The van der Waals surface area contributed by atoms with Crippen molar-refractivity contribution in [2.45, 2.75) is 18.9 Å². The molecule has 0 spiro atoms.